The molecule has 4 aromatic rings. The van der Waals surface area contributed by atoms with E-state index in [1.54, 1.807) is 42.5 Å². The van der Waals surface area contributed by atoms with Crippen molar-refractivity contribution in [2.45, 2.75) is 39.5 Å². The molecule has 0 saturated carbocycles. The summed E-state index contributed by atoms with van der Waals surface area (Å²) in [5.74, 6) is -0.224. The van der Waals surface area contributed by atoms with Crippen molar-refractivity contribution < 1.29 is 18.7 Å². The summed E-state index contributed by atoms with van der Waals surface area (Å²) in [6.07, 6.45) is 9.17. The monoisotopic (exact) mass is 535 g/mol. The van der Waals surface area contributed by atoms with Crippen LogP contribution in [0.4, 0.5) is 10.3 Å². The normalized spacial score (nSPS) is 13.2. The molecule has 204 valence electrons. The van der Waals surface area contributed by atoms with Gasteiger partial charge < -0.3 is 19.7 Å². The molecule has 1 N–H and O–H groups in total. The van der Waals surface area contributed by atoms with Crippen LogP contribution in [0.15, 0.2) is 36.9 Å². The van der Waals surface area contributed by atoms with Crippen molar-refractivity contribution in [1.82, 2.24) is 40.1 Å². The topological polar surface area (TPSA) is 125 Å². The summed E-state index contributed by atoms with van der Waals surface area (Å²) in [5.41, 5.74) is 2.97. The fourth-order valence-corrected chi connectivity index (χ4v) is 4.53. The van der Waals surface area contributed by atoms with Gasteiger partial charge in [-0.05, 0) is 31.9 Å². The highest BCUT2D eigenvalue weighted by Gasteiger charge is 2.21. The molecular formula is C26H30FN9O3. The summed E-state index contributed by atoms with van der Waals surface area (Å²) < 4.78 is 28.8. The van der Waals surface area contributed by atoms with Gasteiger partial charge in [0.15, 0.2) is 11.6 Å². The molecule has 1 aliphatic rings. The molecule has 1 fully saturated rings. The van der Waals surface area contributed by atoms with E-state index in [1.165, 1.54) is 25.0 Å². The van der Waals surface area contributed by atoms with E-state index in [4.69, 9.17) is 9.47 Å². The molecule has 12 nitrogen and oxygen atoms in total. The summed E-state index contributed by atoms with van der Waals surface area (Å²) in [4.78, 5) is 24.4. The average molecular weight is 536 g/mol. The summed E-state index contributed by atoms with van der Waals surface area (Å²) in [6, 6.07) is 3.18. The number of hydrogen-bond acceptors (Lipinski definition) is 9. The van der Waals surface area contributed by atoms with E-state index in [0.29, 0.717) is 29.2 Å². The molecule has 1 aromatic carbocycles. The first-order valence-corrected chi connectivity index (χ1v) is 12.6. The molecule has 1 amide bonds. The third-order valence-electron chi connectivity index (χ3n) is 6.47. The minimum atomic E-state index is -0.589. The number of aromatic nitrogens is 7. The van der Waals surface area contributed by atoms with Crippen molar-refractivity contribution in [1.29, 1.82) is 0 Å². The van der Waals surface area contributed by atoms with Crippen molar-refractivity contribution in [3.63, 3.8) is 0 Å². The van der Waals surface area contributed by atoms with Gasteiger partial charge >= 0.3 is 0 Å². The van der Waals surface area contributed by atoms with Crippen molar-refractivity contribution in [3.05, 3.63) is 70.8 Å². The second kappa shape index (κ2) is 11.6. The Bertz CT molecular complexity index is 1450. The number of nitrogens with one attached hydrogen (secondary N) is 1. The number of carbonyl (C=O) groups excluding carboxylic acids is 1. The van der Waals surface area contributed by atoms with Crippen LogP contribution in [0.3, 0.4) is 0 Å². The summed E-state index contributed by atoms with van der Waals surface area (Å²) in [6.45, 7) is 4.13. The highest BCUT2D eigenvalue weighted by molar-refractivity contribution is 5.95. The zero-order valence-electron chi connectivity index (χ0n) is 22.1. The maximum atomic E-state index is 15.3. The van der Waals surface area contributed by atoms with Gasteiger partial charge in [0.25, 0.3) is 5.91 Å². The van der Waals surface area contributed by atoms with Gasteiger partial charge in [-0.25, -0.2) is 19.0 Å². The molecule has 0 radical (unpaired) electrons. The Kier molecular flexibility index (Phi) is 7.77. The summed E-state index contributed by atoms with van der Waals surface area (Å²) in [5, 5.41) is 15.4. The SMILES string of the molecule is COCc1nn(Cc2cnc(N3CCCC3)nc2)cc1C(=O)NCc1c(-n2cc(C)nn2)ccc(OC)c1F. The number of aryl methyl sites for hydroxylation is 1. The molecule has 39 heavy (non-hydrogen) atoms. The summed E-state index contributed by atoms with van der Waals surface area (Å²) >= 11 is 0. The van der Waals surface area contributed by atoms with Crippen molar-refractivity contribution in [2.75, 3.05) is 32.2 Å². The Balaban J connectivity index is 1.34. The molecule has 1 saturated heterocycles. The zero-order valence-corrected chi connectivity index (χ0v) is 22.1. The third kappa shape index (κ3) is 5.72. The first kappa shape index (κ1) is 26.2. The van der Waals surface area contributed by atoms with E-state index < -0.39 is 11.7 Å². The van der Waals surface area contributed by atoms with E-state index in [0.717, 1.165) is 37.4 Å². The third-order valence-corrected chi connectivity index (χ3v) is 6.47. The van der Waals surface area contributed by atoms with Crippen molar-refractivity contribution >= 4 is 11.9 Å². The van der Waals surface area contributed by atoms with Crippen LogP contribution in [-0.2, 0) is 24.4 Å². The number of halogens is 1. The van der Waals surface area contributed by atoms with Crippen LogP contribution in [0.5, 0.6) is 5.75 Å². The molecule has 4 heterocycles. The van der Waals surface area contributed by atoms with Gasteiger partial charge in [-0.3, -0.25) is 9.48 Å². The predicted octanol–water partition coefficient (Wildman–Crippen LogP) is 2.43. The lowest BCUT2D eigenvalue weighted by Gasteiger charge is -2.14. The average Bonchev–Trinajstić information content (AvgIpc) is 3.70. The fourth-order valence-electron chi connectivity index (χ4n) is 4.53. The zero-order chi connectivity index (χ0) is 27.4. The van der Waals surface area contributed by atoms with E-state index in [1.807, 2.05) is 0 Å². The van der Waals surface area contributed by atoms with Crippen molar-refractivity contribution in [2.24, 2.45) is 0 Å². The Morgan fingerprint density at radius 3 is 2.56 bits per heavy atom. The lowest BCUT2D eigenvalue weighted by molar-refractivity contribution is 0.0945. The first-order chi connectivity index (χ1) is 19.0. The van der Waals surface area contributed by atoms with Crippen LogP contribution in [0.25, 0.3) is 5.69 Å². The number of methoxy groups -OCH3 is 2. The number of carbonyl (C=O) groups is 1. The first-order valence-electron chi connectivity index (χ1n) is 12.6. The van der Waals surface area contributed by atoms with Crippen LogP contribution in [0.2, 0.25) is 0 Å². The predicted molar refractivity (Wildman–Crippen MR) is 139 cm³/mol. The number of ether oxygens (including phenoxy) is 2. The van der Waals surface area contributed by atoms with E-state index in [9.17, 15) is 4.79 Å². The Morgan fingerprint density at radius 2 is 1.90 bits per heavy atom. The number of nitrogens with zero attached hydrogens (tertiary/aromatic N) is 8. The van der Waals surface area contributed by atoms with E-state index >= 15 is 4.39 Å². The number of hydrogen-bond donors (Lipinski definition) is 1. The number of rotatable bonds is 10. The number of benzene rings is 1. The second-order valence-corrected chi connectivity index (χ2v) is 9.27. The van der Waals surface area contributed by atoms with Crippen LogP contribution in [0, 0.1) is 12.7 Å². The quantitative estimate of drug-likeness (QED) is 0.326. The molecule has 0 bridgehead atoms. The highest BCUT2D eigenvalue weighted by Crippen LogP contribution is 2.26. The van der Waals surface area contributed by atoms with Gasteiger partial charge in [0.2, 0.25) is 5.95 Å². The van der Waals surface area contributed by atoms with E-state index in [2.05, 4.69) is 35.6 Å². The van der Waals surface area contributed by atoms with E-state index in [-0.39, 0.29) is 24.5 Å². The van der Waals surface area contributed by atoms with Crippen molar-refractivity contribution in [3.8, 4) is 11.4 Å². The molecule has 13 heteroatoms. The molecule has 0 spiro atoms. The van der Waals surface area contributed by atoms with Crippen LogP contribution < -0.4 is 15.0 Å². The van der Waals surface area contributed by atoms with Crippen LogP contribution in [0.1, 0.15) is 45.7 Å². The molecule has 1 aliphatic heterocycles. The maximum Gasteiger partial charge on any atom is 0.255 e. The number of anilines is 1. The Morgan fingerprint density at radius 1 is 1.13 bits per heavy atom. The molecule has 0 atom stereocenters. The Hall–Kier alpha value is -4.39. The lowest BCUT2D eigenvalue weighted by atomic mass is 10.1. The standard InChI is InChI=1S/C26H30FN9O3/c1-17-13-36(33-31-17)22-6-7-23(39-3)24(27)19(22)12-28-25(37)20-15-35(32-21(20)16-38-2)14-18-10-29-26(30-11-18)34-8-4-5-9-34/h6-7,10-11,13,15H,4-5,8-9,12,14,16H2,1-3H3,(H,28,37). The van der Waals surface area contributed by atoms with Crippen LogP contribution >= 0.6 is 0 Å². The molecule has 0 unspecified atom stereocenters. The fraction of sp³-hybridized carbons (Fsp3) is 0.385. The minimum Gasteiger partial charge on any atom is -0.494 e. The number of amides is 1. The second-order valence-electron chi connectivity index (χ2n) is 9.27. The van der Waals surface area contributed by atoms with Crippen LogP contribution in [-0.4, -0.2) is 68.0 Å². The maximum absolute atomic E-state index is 15.3. The molecular weight excluding hydrogens is 505 g/mol. The van der Waals surface area contributed by atoms with Gasteiger partial charge in [0.05, 0.1) is 43.4 Å². The van der Waals surface area contributed by atoms with Gasteiger partial charge in [-0.15, -0.1) is 5.10 Å². The van der Waals surface area contributed by atoms with Gasteiger partial charge in [-0.2, -0.15) is 5.10 Å². The Labute approximate surface area is 224 Å². The molecule has 0 aliphatic carbocycles. The minimum absolute atomic E-state index is 0.0608. The van der Waals surface area contributed by atoms with Gasteiger partial charge in [-0.1, -0.05) is 5.21 Å². The molecule has 5 rings (SSSR count). The highest BCUT2D eigenvalue weighted by atomic mass is 19.1. The summed E-state index contributed by atoms with van der Waals surface area (Å²) in [7, 11) is 2.92. The molecule has 3 aromatic heterocycles. The smallest absolute Gasteiger partial charge is 0.255 e. The van der Waals surface area contributed by atoms with Gasteiger partial charge in [0, 0.05) is 56.5 Å². The largest absolute Gasteiger partial charge is 0.494 e. The lowest BCUT2D eigenvalue weighted by Crippen LogP contribution is -2.25. The van der Waals surface area contributed by atoms with Gasteiger partial charge in [0.1, 0.15) is 5.69 Å².